The number of nitrogens with zero attached hydrogens (tertiary/aromatic N) is 1. The van der Waals surface area contributed by atoms with E-state index in [1.807, 2.05) is 32.9 Å². The van der Waals surface area contributed by atoms with Crippen molar-refractivity contribution in [1.82, 2.24) is 5.32 Å². The molecule has 0 aliphatic carbocycles. The van der Waals surface area contributed by atoms with Crippen molar-refractivity contribution in [1.29, 1.82) is 5.26 Å². The Balaban J connectivity index is 1.92. The SMILES string of the molecule is C=CCOC(=O)C1=C(C)NC(SCC(=O)Nc2c(C)cc(C)cc2C)=C(C#N)C1c1ccccc1F. The number of halogens is 1. The zero-order valence-electron chi connectivity index (χ0n) is 20.7. The number of esters is 1. The van der Waals surface area contributed by atoms with E-state index in [1.54, 1.807) is 13.0 Å². The number of amides is 1. The lowest BCUT2D eigenvalue weighted by Crippen LogP contribution is -2.30. The second-order valence-corrected chi connectivity index (χ2v) is 9.46. The smallest absolute Gasteiger partial charge is 0.337 e. The third kappa shape index (κ3) is 5.86. The molecule has 8 heteroatoms. The number of anilines is 1. The number of hydrogen-bond donors (Lipinski definition) is 2. The number of ether oxygens (including phenoxy) is 1. The number of nitriles is 1. The van der Waals surface area contributed by atoms with E-state index in [1.165, 1.54) is 24.3 Å². The van der Waals surface area contributed by atoms with Crippen LogP contribution in [0.15, 0.2) is 70.9 Å². The van der Waals surface area contributed by atoms with Gasteiger partial charge in [0.25, 0.3) is 0 Å². The normalized spacial score (nSPS) is 15.2. The van der Waals surface area contributed by atoms with E-state index >= 15 is 0 Å². The summed E-state index contributed by atoms with van der Waals surface area (Å²) >= 11 is 1.12. The van der Waals surface area contributed by atoms with Gasteiger partial charge >= 0.3 is 5.97 Å². The summed E-state index contributed by atoms with van der Waals surface area (Å²) in [5.41, 5.74) is 4.65. The molecule has 2 aromatic carbocycles. The first-order valence-electron chi connectivity index (χ1n) is 11.3. The van der Waals surface area contributed by atoms with Gasteiger partial charge in [-0.3, -0.25) is 4.79 Å². The molecule has 1 amide bonds. The van der Waals surface area contributed by atoms with Gasteiger partial charge in [0, 0.05) is 16.9 Å². The molecule has 0 radical (unpaired) electrons. The summed E-state index contributed by atoms with van der Waals surface area (Å²) in [7, 11) is 0. The molecule has 0 saturated heterocycles. The lowest BCUT2D eigenvalue weighted by molar-refractivity contribution is -0.138. The monoisotopic (exact) mass is 505 g/mol. The van der Waals surface area contributed by atoms with E-state index in [0.29, 0.717) is 10.7 Å². The number of thioether (sulfide) groups is 1. The van der Waals surface area contributed by atoms with Gasteiger partial charge in [0.2, 0.25) is 5.91 Å². The van der Waals surface area contributed by atoms with Crippen molar-refractivity contribution >= 4 is 29.3 Å². The fourth-order valence-corrected chi connectivity index (χ4v) is 5.11. The third-order valence-corrected chi connectivity index (χ3v) is 6.72. The van der Waals surface area contributed by atoms with Crippen molar-refractivity contribution in [3.63, 3.8) is 0 Å². The number of carbonyl (C=O) groups is 2. The topological polar surface area (TPSA) is 91.2 Å². The molecule has 2 N–H and O–H groups in total. The maximum Gasteiger partial charge on any atom is 0.337 e. The lowest BCUT2D eigenvalue weighted by Gasteiger charge is -2.29. The molecule has 1 atom stereocenters. The largest absolute Gasteiger partial charge is 0.458 e. The minimum Gasteiger partial charge on any atom is -0.458 e. The molecule has 6 nitrogen and oxygen atoms in total. The van der Waals surface area contributed by atoms with Gasteiger partial charge in [-0.25, -0.2) is 9.18 Å². The summed E-state index contributed by atoms with van der Waals surface area (Å²) in [4.78, 5) is 25.7. The van der Waals surface area contributed by atoms with E-state index < -0.39 is 17.7 Å². The summed E-state index contributed by atoms with van der Waals surface area (Å²) in [5, 5.41) is 16.5. The average molecular weight is 506 g/mol. The minimum absolute atomic E-state index is 0.00772. The van der Waals surface area contributed by atoms with Crippen LogP contribution in [0.2, 0.25) is 0 Å². The minimum atomic E-state index is -0.984. The molecule has 0 saturated carbocycles. The van der Waals surface area contributed by atoms with Gasteiger partial charge in [-0.2, -0.15) is 5.26 Å². The van der Waals surface area contributed by atoms with Crippen LogP contribution in [-0.4, -0.2) is 24.2 Å². The predicted octanol–water partition coefficient (Wildman–Crippen LogP) is 5.55. The van der Waals surface area contributed by atoms with E-state index in [2.05, 4.69) is 23.3 Å². The molecule has 1 unspecified atom stereocenters. The average Bonchev–Trinajstić information content (AvgIpc) is 2.83. The molecule has 0 fully saturated rings. The molecule has 0 bridgehead atoms. The van der Waals surface area contributed by atoms with Crippen molar-refractivity contribution in [3.8, 4) is 6.07 Å². The first-order chi connectivity index (χ1) is 17.2. The maximum absolute atomic E-state index is 14.9. The molecule has 3 rings (SSSR count). The van der Waals surface area contributed by atoms with Crippen LogP contribution in [0, 0.1) is 37.9 Å². The molecular weight excluding hydrogens is 477 g/mol. The highest BCUT2D eigenvalue weighted by molar-refractivity contribution is 8.03. The second kappa shape index (κ2) is 11.7. The Kier molecular flexibility index (Phi) is 8.73. The Labute approximate surface area is 214 Å². The summed E-state index contributed by atoms with van der Waals surface area (Å²) in [5.74, 6) is -2.45. The summed E-state index contributed by atoms with van der Waals surface area (Å²) in [6.07, 6.45) is 1.43. The van der Waals surface area contributed by atoms with Crippen LogP contribution in [0.5, 0.6) is 0 Å². The quantitative estimate of drug-likeness (QED) is 0.361. The number of carbonyl (C=O) groups excluding carboxylic acids is 2. The molecular formula is C28H28FN3O3S. The fourth-order valence-electron chi connectivity index (χ4n) is 4.22. The van der Waals surface area contributed by atoms with E-state index in [9.17, 15) is 19.2 Å². The number of hydrogen-bond acceptors (Lipinski definition) is 6. The Bertz CT molecular complexity index is 1300. The van der Waals surface area contributed by atoms with Crippen molar-refractivity contribution in [2.45, 2.75) is 33.6 Å². The van der Waals surface area contributed by atoms with Gasteiger partial charge in [0.15, 0.2) is 0 Å². The van der Waals surface area contributed by atoms with Crippen molar-refractivity contribution in [2.24, 2.45) is 0 Å². The van der Waals surface area contributed by atoms with Gasteiger partial charge in [0.1, 0.15) is 12.4 Å². The van der Waals surface area contributed by atoms with Crippen LogP contribution in [0.1, 0.15) is 35.1 Å². The molecule has 0 aromatic heterocycles. The summed E-state index contributed by atoms with van der Waals surface area (Å²) < 4.78 is 20.1. The summed E-state index contributed by atoms with van der Waals surface area (Å²) in [6, 6.07) is 12.1. The van der Waals surface area contributed by atoms with Crippen LogP contribution in [0.25, 0.3) is 0 Å². The molecule has 1 aliphatic heterocycles. The Hall–Kier alpha value is -3.83. The number of benzene rings is 2. The van der Waals surface area contributed by atoms with Crippen LogP contribution >= 0.6 is 11.8 Å². The lowest BCUT2D eigenvalue weighted by atomic mass is 9.82. The molecule has 186 valence electrons. The zero-order valence-corrected chi connectivity index (χ0v) is 21.5. The molecule has 1 aliphatic rings. The van der Waals surface area contributed by atoms with Crippen LogP contribution in [0.4, 0.5) is 10.1 Å². The van der Waals surface area contributed by atoms with Crippen LogP contribution in [-0.2, 0) is 14.3 Å². The highest BCUT2D eigenvalue weighted by atomic mass is 32.2. The van der Waals surface area contributed by atoms with Crippen LogP contribution in [0.3, 0.4) is 0 Å². The number of aryl methyl sites for hydroxylation is 3. The van der Waals surface area contributed by atoms with Crippen molar-refractivity contribution in [2.75, 3.05) is 17.7 Å². The molecule has 36 heavy (non-hydrogen) atoms. The van der Waals surface area contributed by atoms with Gasteiger partial charge in [-0.1, -0.05) is 60.3 Å². The summed E-state index contributed by atoms with van der Waals surface area (Å²) in [6.45, 7) is 11.0. The van der Waals surface area contributed by atoms with E-state index in [0.717, 1.165) is 34.1 Å². The number of rotatable bonds is 8. The highest BCUT2D eigenvalue weighted by Crippen LogP contribution is 2.41. The van der Waals surface area contributed by atoms with Gasteiger partial charge < -0.3 is 15.4 Å². The van der Waals surface area contributed by atoms with Crippen LogP contribution < -0.4 is 10.6 Å². The number of allylic oxidation sites excluding steroid dienone is 2. The first-order valence-corrected chi connectivity index (χ1v) is 12.3. The number of dihydropyridines is 1. The van der Waals surface area contributed by atoms with E-state index in [4.69, 9.17) is 4.74 Å². The predicted molar refractivity (Wildman–Crippen MR) is 141 cm³/mol. The molecule has 0 spiro atoms. The van der Waals surface area contributed by atoms with Gasteiger partial charge in [0.05, 0.1) is 33.9 Å². The third-order valence-electron chi connectivity index (χ3n) is 5.70. The fraction of sp³-hybridized carbons (Fsp3) is 0.250. The van der Waals surface area contributed by atoms with Crippen molar-refractivity contribution in [3.05, 3.63) is 99.0 Å². The molecule has 1 heterocycles. The first kappa shape index (κ1) is 26.8. The maximum atomic E-state index is 14.9. The Morgan fingerprint density at radius 2 is 1.89 bits per heavy atom. The Morgan fingerprint density at radius 3 is 2.50 bits per heavy atom. The van der Waals surface area contributed by atoms with E-state index in [-0.39, 0.29) is 35.0 Å². The standard InChI is InChI=1S/C28H28FN3O3S/c1-6-11-35-28(34)24-19(5)31-27(21(14-30)25(24)20-9-7-8-10-22(20)29)36-15-23(33)32-26-17(3)12-16(2)13-18(26)4/h6-10,12-13,25,31H,1,11,15H2,2-5H3,(H,32,33). The Morgan fingerprint density at radius 1 is 1.22 bits per heavy atom. The highest BCUT2D eigenvalue weighted by Gasteiger charge is 2.37. The second-order valence-electron chi connectivity index (χ2n) is 8.47. The zero-order chi connectivity index (χ0) is 26.4. The van der Waals surface area contributed by atoms with Gasteiger partial charge in [-0.05, 0) is 44.9 Å². The molecule has 2 aromatic rings. The van der Waals surface area contributed by atoms with Gasteiger partial charge in [-0.15, -0.1) is 0 Å². The van der Waals surface area contributed by atoms with Crippen molar-refractivity contribution < 1.29 is 18.7 Å². The number of nitrogens with one attached hydrogen (secondary N) is 2.